The highest BCUT2D eigenvalue weighted by molar-refractivity contribution is 7.09. The molecule has 2 N–H and O–H groups in total. The SMILES string of the molecule is C[C@@H](COP)C1NC(=O)NC1=O. The third-order valence-electron chi connectivity index (χ3n) is 1.73. The molecule has 0 aromatic heterocycles. The lowest BCUT2D eigenvalue weighted by Crippen LogP contribution is -2.37. The highest BCUT2D eigenvalue weighted by Crippen LogP contribution is 2.08. The zero-order valence-electron chi connectivity index (χ0n) is 6.66. The second kappa shape index (κ2) is 3.83. The zero-order chi connectivity index (χ0) is 9.14. The molecule has 0 aromatic rings. The standard InChI is InChI=1S/C6H11N2O3P/c1-3(2-11-12)4-5(9)8-6(10)7-4/h3-4H,2,12H2,1H3,(H2,7,8,9,10)/t3-,4?/m0/s1. The normalized spacial score (nSPS) is 25.0. The van der Waals surface area contributed by atoms with E-state index in [4.69, 9.17) is 4.52 Å². The monoisotopic (exact) mass is 190 g/mol. The maximum atomic E-state index is 11.0. The third kappa shape index (κ3) is 1.93. The lowest BCUT2D eigenvalue weighted by Gasteiger charge is -2.14. The Morgan fingerprint density at radius 1 is 1.67 bits per heavy atom. The largest absolute Gasteiger partial charge is 0.365 e. The van der Waals surface area contributed by atoms with Crippen LogP contribution in [0.3, 0.4) is 0 Å². The summed E-state index contributed by atoms with van der Waals surface area (Å²) in [6, 6.07) is -0.890. The molecule has 1 aliphatic rings. The van der Waals surface area contributed by atoms with Gasteiger partial charge in [-0.25, -0.2) is 4.79 Å². The van der Waals surface area contributed by atoms with E-state index in [0.717, 1.165) is 0 Å². The smallest absolute Gasteiger partial charge is 0.322 e. The molecule has 0 saturated carbocycles. The minimum absolute atomic E-state index is 0.0195. The van der Waals surface area contributed by atoms with Crippen molar-refractivity contribution in [1.82, 2.24) is 10.6 Å². The van der Waals surface area contributed by atoms with Gasteiger partial charge in [-0.3, -0.25) is 10.1 Å². The number of imide groups is 1. The Morgan fingerprint density at radius 3 is 2.75 bits per heavy atom. The van der Waals surface area contributed by atoms with Gasteiger partial charge in [0.15, 0.2) is 0 Å². The summed E-state index contributed by atoms with van der Waals surface area (Å²) in [6.07, 6.45) is 0. The molecule has 1 fully saturated rings. The summed E-state index contributed by atoms with van der Waals surface area (Å²) >= 11 is 0. The Balaban J connectivity index is 2.51. The maximum Gasteiger partial charge on any atom is 0.322 e. The fourth-order valence-electron chi connectivity index (χ4n) is 1.08. The van der Waals surface area contributed by atoms with Crippen molar-refractivity contribution < 1.29 is 14.1 Å². The molecule has 1 rings (SSSR count). The van der Waals surface area contributed by atoms with Gasteiger partial charge >= 0.3 is 6.03 Å². The maximum absolute atomic E-state index is 11.0. The van der Waals surface area contributed by atoms with Crippen molar-refractivity contribution in [1.29, 1.82) is 0 Å². The molecule has 5 nitrogen and oxygen atoms in total. The van der Waals surface area contributed by atoms with E-state index in [2.05, 4.69) is 20.1 Å². The first-order valence-electron chi connectivity index (χ1n) is 3.58. The van der Waals surface area contributed by atoms with Gasteiger partial charge in [-0.05, 0) is 0 Å². The van der Waals surface area contributed by atoms with E-state index in [9.17, 15) is 9.59 Å². The molecule has 6 heteroatoms. The van der Waals surface area contributed by atoms with Crippen molar-refractivity contribution in [3.8, 4) is 0 Å². The molecular weight excluding hydrogens is 179 g/mol. The number of urea groups is 1. The molecule has 12 heavy (non-hydrogen) atoms. The van der Waals surface area contributed by atoms with E-state index >= 15 is 0 Å². The van der Waals surface area contributed by atoms with Gasteiger partial charge in [-0.2, -0.15) is 0 Å². The van der Waals surface area contributed by atoms with Crippen molar-refractivity contribution in [2.45, 2.75) is 13.0 Å². The summed E-state index contributed by atoms with van der Waals surface area (Å²) in [5.74, 6) is -0.302. The van der Waals surface area contributed by atoms with E-state index in [1.165, 1.54) is 0 Å². The molecule has 1 heterocycles. The molecule has 2 unspecified atom stereocenters. The van der Waals surface area contributed by atoms with E-state index in [0.29, 0.717) is 6.61 Å². The van der Waals surface area contributed by atoms with Crippen LogP contribution in [0, 0.1) is 5.92 Å². The Labute approximate surface area is 72.5 Å². The summed E-state index contributed by atoms with van der Waals surface area (Å²) in [4.78, 5) is 21.7. The molecule has 1 saturated heterocycles. The number of carbonyl (C=O) groups excluding carboxylic acids is 2. The van der Waals surface area contributed by atoms with Crippen LogP contribution in [-0.2, 0) is 9.32 Å². The van der Waals surface area contributed by atoms with Gasteiger partial charge in [0.05, 0.1) is 6.61 Å². The zero-order valence-corrected chi connectivity index (χ0v) is 7.82. The van der Waals surface area contributed by atoms with Crippen LogP contribution in [0.4, 0.5) is 4.79 Å². The molecule has 0 radical (unpaired) electrons. The van der Waals surface area contributed by atoms with Crippen LogP contribution in [0.1, 0.15) is 6.92 Å². The number of amides is 3. The Kier molecular flexibility index (Phi) is 3.00. The average molecular weight is 190 g/mol. The molecule has 0 aromatic carbocycles. The summed E-state index contributed by atoms with van der Waals surface area (Å²) in [5.41, 5.74) is 0. The molecule has 0 bridgehead atoms. The molecule has 3 atom stereocenters. The van der Waals surface area contributed by atoms with Gasteiger partial charge in [-0.1, -0.05) is 6.92 Å². The van der Waals surface area contributed by atoms with Gasteiger partial charge in [-0.15, -0.1) is 0 Å². The van der Waals surface area contributed by atoms with E-state index in [1.807, 2.05) is 6.92 Å². The van der Waals surface area contributed by atoms with Gasteiger partial charge in [0.1, 0.15) is 6.04 Å². The quantitative estimate of drug-likeness (QED) is 0.471. The predicted molar refractivity (Wildman–Crippen MR) is 45.3 cm³/mol. The number of hydrogen-bond acceptors (Lipinski definition) is 3. The summed E-state index contributed by atoms with van der Waals surface area (Å²) in [7, 11) is 2.11. The highest BCUT2D eigenvalue weighted by Gasteiger charge is 2.33. The number of nitrogens with one attached hydrogen (secondary N) is 2. The summed E-state index contributed by atoms with van der Waals surface area (Å²) < 4.78 is 4.78. The first-order chi connectivity index (χ1) is 5.65. The lowest BCUT2D eigenvalue weighted by molar-refractivity contribution is -0.121. The van der Waals surface area contributed by atoms with Gasteiger partial charge in [0.2, 0.25) is 0 Å². The Morgan fingerprint density at radius 2 is 2.33 bits per heavy atom. The number of carbonyl (C=O) groups is 2. The first kappa shape index (κ1) is 9.42. The van der Waals surface area contributed by atoms with Gasteiger partial charge < -0.3 is 9.84 Å². The second-order valence-corrected chi connectivity index (χ2v) is 3.08. The molecule has 3 amide bonds. The summed E-state index contributed by atoms with van der Waals surface area (Å²) in [6.45, 7) is 2.25. The van der Waals surface area contributed by atoms with Crippen LogP contribution in [-0.4, -0.2) is 24.6 Å². The van der Waals surface area contributed by atoms with Crippen molar-refractivity contribution in [2.75, 3.05) is 6.61 Å². The van der Waals surface area contributed by atoms with Crippen LogP contribution in [0.25, 0.3) is 0 Å². The average Bonchev–Trinajstić information content (AvgIpc) is 2.30. The van der Waals surface area contributed by atoms with Crippen LogP contribution in [0.15, 0.2) is 0 Å². The molecular formula is C6H11N2O3P. The van der Waals surface area contributed by atoms with Crippen molar-refractivity contribution in [2.24, 2.45) is 5.92 Å². The van der Waals surface area contributed by atoms with E-state index in [-0.39, 0.29) is 11.8 Å². The topological polar surface area (TPSA) is 67.4 Å². The molecule has 0 spiro atoms. The minimum Gasteiger partial charge on any atom is -0.365 e. The minimum atomic E-state index is -0.460. The van der Waals surface area contributed by atoms with Crippen molar-refractivity contribution in [3.63, 3.8) is 0 Å². The van der Waals surface area contributed by atoms with Crippen LogP contribution in [0.2, 0.25) is 0 Å². The molecule has 68 valence electrons. The van der Waals surface area contributed by atoms with Crippen molar-refractivity contribution in [3.05, 3.63) is 0 Å². The van der Waals surface area contributed by atoms with Gasteiger partial charge in [0, 0.05) is 15.4 Å². The third-order valence-corrected chi connectivity index (χ3v) is 1.93. The van der Waals surface area contributed by atoms with E-state index < -0.39 is 12.1 Å². The highest BCUT2D eigenvalue weighted by atomic mass is 31.0. The fourth-order valence-corrected chi connectivity index (χ4v) is 1.38. The predicted octanol–water partition coefficient (Wildman–Crippen LogP) is -0.363. The fraction of sp³-hybridized carbons (Fsp3) is 0.667. The summed E-state index contributed by atoms with van der Waals surface area (Å²) in [5, 5.41) is 4.65. The number of hydrogen-bond donors (Lipinski definition) is 2. The lowest BCUT2D eigenvalue weighted by atomic mass is 10.0. The van der Waals surface area contributed by atoms with E-state index in [1.54, 1.807) is 0 Å². The van der Waals surface area contributed by atoms with Gasteiger partial charge in [0.25, 0.3) is 5.91 Å². The molecule has 1 aliphatic heterocycles. The van der Waals surface area contributed by atoms with Crippen LogP contribution in [0.5, 0.6) is 0 Å². The van der Waals surface area contributed by atoms with Crippen molar-refractivity contribution >= 4 is 21.4 Å². The van der Waals surface area contributed by atoms with Crippen LogP contribution < -0.4 is 10.6 Å². The Bertz CT molecular complexity index is 209. The number of rotatable bonds is 3. The molecule has 0 aliphatic carbocycles. The second-order valence-electron chi connectivity index (χ2n) is 2.75. The van der Waals surface area contributed by atoms with Crippen LogP contribution >= 0.6 is 9.47 Å². The Hall–Kier alpha value is -0.670. The first-order valence-corrected chi connectivity index (χ1v) is 4.05.